The molecule has 0 radical (unpaired) electrons. The van der Waals surface area contributed by atoms with Gasteiger partial charge < -0.3 is 10.3 Å². The summed E-state index contributed by atoms with van der Waals surface area (Å²) < 4.78 is 0. The highest BCUT2D eigenvalue weighted by Crippen LogP contribution is 2.26. The third-order valence-electron chi connectivity index (χ3n) is 3.57. The van der Waals surface area contributed by atoms with Gasteiger partial charge in [-0.1, -0.05) is 0 Å². The lowest BCUT2D eigenvalue weighted by Crippen LogP contribution is -2.41. The average Bonchev–Trinajstić information content (AvgIpc) is 2.25. The van der Waals surface area contributed by atoms with Crippen LogP contribution < -0.4 is 11.3 Å². The Hall–Kier alpha value is -1.55. The van der Waals surface area contributed by atoms with E-state index >= 15 is 0 Å². The van der Waals surface area contributed by atoms with E-state index < -0.39 is 0 Å². The molecule has 1 aromatic carbocycles. The van der Waals surface area contributed by atoms with Crippen molar-refractivity contribution in [2.45, 2.75) is 32.2 Å². The molecule has 1 amide bonds. The Balaban J connectivity index is 2.18. The van der Waals surface area contributed by atoms with Crippen LogP contribution in [0.1, 0.15) is 35.2 Å². The summed E-state index contributed by atoms with van der Waals surface area (Å²) in [5.41, 5.74) is 5.13. The van der Waals surface area contributed by atoms with Gasteiger partial charge in [0.15, 0.2) is 0 Å². The van der Waals surface area contributed by atoms with Crippen molar-refractivity contribution in [1.29, 1.82) is 0 Å². The average molecular weight is 233 g/mol. The highest BCUT2D eigenvalue weighted by molar-refractivity contribution is 5.96. The van der Waals surface area contributed by atoms with Crippen LogP contribution in [0.4, 0.5) is 5.69 Å². The molecule has 4 heteroatoms. The Morgan fingerprint density at radius 3 is 2.65 bits per heavy atom. The Bertz CT molecular complexity index is 427. The maximum Gasteiger partial charge on any atom is 0.254 e. The number of hydrogen-bond donors (Lipinski definition) is 2. The molecule has 92 valence electrons. The number of amides is 1. The van der Waals surface area contributed by atoms with Crippen molar-refractivity contribution in [1.82, 2.24) is 4.90 Å². The lowest BCUT2D eigenvalue weighted by atomic mass is 9.91. The van der Waals surface area contributed by atoms with Crippen LogP contribution in [-0.4, -0.2) is 23.9 Å². The van der Waals surface area contributed by atoms with Crippen LogP contribution >= 0.6 is 0 Å². The number of anilines is 1. The third-order valence-corrected chi connectivity index (χ3v) is 3.57. The fourth-order valence-electron chi connectivity index (χ4n) is 2.12. The van der Waals surface area contributed by atoms with Gasteiger partial charge in [-0.15, -0.1) is 0 Å². The molecule has 0 aromatic heterocycles. The maximum atomic E-state index is 12.3. The molecular formula is C13H19N3O. The first-order valence-electron chi connectivity index (χ1n) is 5.98. The topological polar surface area (TPSA) is 58.4 Å². The molecule has 2 rings (SSSR count). The minimum absolute atomic E-state index is 0.107. The quantitative estimate of drug-likeness (QED) is 0.619. The maximum absolute atomic E-state index is 12.3. The van der Waals surface area contributed by atoms with Crippen LogP contribution in [0, 0.1) is 6.92 Å². The Morgan fingerprint density at radius 1 is 1.47 bits per heavy atom. The van der Waals surface area contributed by atoms with E-state index in [-0.39, 0.29) is 5.91 Å². The predicted octanol–water partition coefficient (Wildman–Crippen LogP) is 1.91. The number of rotatable bonds is 3. The van der Waals surface area contributed by atoms with Gasteiger partial charge in [-0.25, -0.2) is 0 Å². The van der Waals surface area contributed by atoms with E-state index in [4.69, 9.17) is 5.84 Å². The summed E-state index contributed by atoms with van der Waals surface area (Å²) in [5.74, 6) is 5.45. The van der Waals surface area contributed by atoms with Crippen molar-refractivity contribution < 1.29 is 4.79 Å². The molecule has 0 spiro atoms. The largest absolute Gasteiger partial charge is 0.339 e. The van der Waals surface area contributed by atoms with Crippen molar-refractivity contribution in [3.8, 4) is 0 Å². The second-order valence-corrected chi connectivity index (χ2v) is 4.67. The van der Waals surface area contributed by atoms with Crippen LogP contribution in [0.15, 0.2) is 18.2 Å². The summed E-state index contributed by atoms with van der Waals surface area (Å²) in [6.07, 6.45) is 3.49. The summed E-state index contributed by atoms with van der Waals surface area (Å²) in [5, 5.41) is 0. The smallest absolute Gasteiger partial charge is 0.254 e. The Kier molecular flexibility index (Phi) is 3.33. The second-order valence-electron chi connectivity index (χ2n) is 4.67. The zero-order chi connectivity index (χ0) is 12.4. The summed E-state index contributed by atoms with van der Waals surface area (Å²) in [6.45, 7) is 1.93. The molecule has 0 unspecified atom stereocenters. The van der Waals surface area contributed by atoms with Crippen molar-refractivity contribution in [3.05, 3.63) is 29.3 Å². The number of nitrogens with zero attached hydrogens (tertiary/aromatic N) is 1. The lowest BCUT2D eigenvalue weighted by Gasteiger charge is -2.35. The number of hydrogen-bond acceptors (Lipinski definition) is 3. The standard InChI is InChI=1S/C13H19N3O/c1-9-8-10(15-14)6-7-12(9)13(17)16(2)11-4-3-5-11/h6-8,11,15H,3-5,14H2,1-2H3. The molecule has 0 heterocycles. The summed E-state index contributed by atoms with van der Waals surface area (Å²) in [6, 6.07) is 5.98. The van der Waals surface area contributed by atoms with E-state index in [2.05, 4.69) is 5.43 Å². The van der Waals surface area contributed by atoms with Gasteiger partial charge in [0.2, 0.25) is 0 Å². The minimum Gasteiger partial charge on any atom is -0.339 e. The first kappa shape index (κ1) is 11.9. The van der Waals surface area contributed by atoms with Crippen LogP contribution in [-0.2, 0) is 0 Å². The van der Waals surface area contributed by atoms with Crippen LogP contribution in [0.3, 0.4) is 0 Å². The first-order chi connectivity index (χ1) is 8.13. The van der Waals surface area contributed by atoms with E-state index in [1.807, 2.05) is 37.1 Å². The van der Waals surface area contributed by atoms with Gasteiger partial charge >= 0.3 is 0 Å². The molecule has 1 aromatic rings. The van der Waals surface area contributed by atoms with Gasteiger partial charge in [-0.05, 0) is 49.9 Å². The van der Waals surface area contributed by atoms with Crippen LogP contribution in [0.5, 0.6) is 0 Å². The van der Waals surface area contributed by atoms with E-state index in [9.17, 15) is 4.79 Å². The van der Waals surface area contributed by atoms with E-state index in [1.165, 1.54) is 6.42 Å². The molecule has 0 bridgehead atoms. The molecule has 3 N–H and O–H groups in total. The van der Waals surface area contributed by atoms with Gasteiger partial charge in [-0.3, -0.25) is 10.6 Å². The first-order valence-corrected chi connectivity index (χ1v) is 5.98. The van der Waals surface area contributed by atoms with Gasteiger partial charge in [-0.2, -0.15) is 0 Å². The van der Waals surface area contributed by atoms with E-state index in [0.717, 1.165) is 29.7 Å². The zero-order valence-electron chi connectivity index (χ0n) is 10.4. The number of carbonyl (C=O) groups is 1. The van der Waals surface area contributed by atoms with Crippen molar-refractivity contribution in [3.63, 3.8) is 0 Å². The fourth-order valence-corrected chi connectivity index (χ4v) is 2.12. The summed E-state index contributed by atoms with van der Waals surface area (Å²) in [4.78, 5) is 14.1. The van der Waals surface area contributed by atoms with Gasteiger partial charge in [0.1, 0.15) is 0 Å². The predicted molar refractivity (Wildman–Crippen MR) is 68.7 cm³/mol. The van der Waals surface area contributed by atoms with Crippen LogP contribution in [0.25, 0.3) is 0 Å². The van der Waals surface area contributed by atoms with E-state index in [1.54, 1.807) is 0 Å². The number of nitrogens with two attached hydrogens (primary N) is 1. The molecule has 17 heavy (non-hydrogen) atoms. The van der Waals surface area contributed by atoms with Crippen molar-refractivity contribution in [2.24, 2.45) is 5.84 Å². The Morgan fingerprint density at radius 2 is 2.18 bits per heavy atom. The molecule has 1 saturated carbocycles. The minimum atomic E-state index is 0.107. The van der Waals surface area contributed by atoms with Gasteiger partial charge in [0, 0.05) is 24.3 Å². The molecule has 1 aliphatic carbocycles. The zero-order valence-corrected chi connectivity index (χ0v) is 10.4. The normalized spacial score (nSPS) is 15.2. The number of benzene rings is 1. The molecular weight excluding hydrogens is 214 g/mol. The molecule has 0 atom stereocenters. The number of carbonyl (C=O) groups excluding carboxylic acids is 1. The Labute approximate surface area is 102 Å². The van der Waals surface area contributed by atoms with Gasteiger partial charge in [0.25, 0.3) is 5.91 Å². The molecule has 0 aliphatic heterocycles. The molecule has 1 fully saturated rings. The monoisotopic (exact) mass is 233 g/mol. The highest BCUT2D eigenvalue weighted by Gasteiger charge is 2.26. The third kappa shape index (κ3) is 2.26. The number of nitrogens with one attached hydrogen (secondary N) is 1. The van der Waals surface area contributed by atoms with Gasteiger partial charge in [0.05, 0.1) is 0 Å². The lowest BCUT2D eigenvalue weighted by molar-refractivity contribution is 0.0651. The summed E-state index contributed by atoms with van der Waals surface area (Å²) >= 11 is 0. The molecule has 0 saturated heterocycles. The second kappa shape index (κ2) is 4.75. The summed E-state index contributed by atoms with van der Waals surface area (Å²) in [7, 11) is 1.89. The number of nitrogen functional groups attached to an aromatic ring is 1. The van der Waals surface area contributed by atoms with Crippen LogP contribution in [0.2, 0.25) is 0 Å². The van der Waals surface area contributed by atoms with Crippen molar-refractivity contribution >= 4 is 11.6 Å². The number of aryl methyl sites for hydroxylation is 1. The number of hydrazine groups is 1. The fraction of sp³-hybridized carbons (Fsp3) is 0.462. The SMILES string of the molecule is Cc1cc(NN)ccc1C(=O)N(C)C1CCC1. The van der Waals surface area contributed by atoms with Crippen molar-refractivity contribution in [2.75, 3.05) is 12.5 Å². The van der Waals surface area contributed by atoms with E-state index in [0.29, 0.717) is 6.04 Å². The molecule has 4 nitrogen and oxygen atoms in total. The highest BCUT2D eigenvalue weighted by atomic mass is 16.2. The molecule has 1 aliphatic rings.